The van der Waals surface area contributed by atoms with Crippen LogP contribution in [0.3, 0.4) is 0 Å². The molecule has 0 aliphatic heterocycles. The molecule has 1 saturated carbocycles. The van der Waals surface area contributed by atoms with Gasteiger partial charge in [0.25, 0.3) is 0 Å². The Morgan fingerprint density at radius 1 is 1.29 bits per heavy atom. The average molecular weight is 350 g/mol. The van der Waals surface area contributed by atoms with Crippen LogP contribution in [0.15, 0.2) is 28.8 Å². The number of amides is 1. The van der Waals surface area contributed by atoms with Crippen molar-refractivity contribution < 1.29 is 17.7 Å². The van der Waals surface area contributed by atoms with Crippen LogP contribution in [0.25, 0.3) is 11.0 Å². The van der Waals surface area contributed by atoms with Gasteiger partial charge < -0.3 is 9.42 Å². The van der Waals surface area contributed by atoms with Crippen LogP contribution in [-0.4, -0.2) is 49.0 Å². The van der Waals surface area contributed by atoms with E-state index in [4.69, 9.17) is 4.52 Å². The highest BCUT2D eigenvalue weighted by atomic mass is 32.2. The third-order valence-electron chi connectivity index (χ3n) is 4.88. The van der Waals surface area contributed by atoms with Gasteiger partial charge in [0, 0.05) is 24.7 Å². The summed E-state index contributed by atoms with van der Waals surface area (Å²) in [5.74, 6) is -0.130. The lowest BCUT2D eigenvalue weighted by Crippen LogP contribution is -2.49. The fourth-order valence-corrected chi connectivity index (χ4v) is 5.02. The van der Waals surface area contributed by atoms with E-state index in [1.165, 1.54) is 6.26 Å². The van der Waals surface area contributed by atoms with Gasteiger partial charge in [0.05, 0.1) is 11.7 Å². The van der Waals surface area contributed by atoms with E-state index >= 15 is 0 Å². The van der Waals surface area contributed by atoms with Gasteiger partial charge in [0.2, 0.25) is 5.91 Å². The first-order chi connectivity index (χ1) is 11.4. The van der Waals surface area contributed by atoms with Gasteiger partial charge in [-0.3, -0.25) is 4.79 Å². The Balaban J connectivity index is 1.78. The number of nitrogens with zero attached hydrogens (tertiary/aromatic N) is 2. The fourth-order valence-electron chi connectivity index (χ4n) is 3.54. The van der Waals surface area contributed by atoms with Crippen LogP contribution in [0.2, 0.25) is 0 Å². The molecular weight excluding hydrogens is 328 g/mol. The fraction of sp³-hybridized carbons (Fsp3) is 0.529. The summed E-state index contributed by atoms with van der Waals surface area (Å²) >= 11 is 0. The van der Waals surface area contributed by atoms with Crippen LogP contribution in [0, 0.1) is 0 Å². The Hall–Kier alpha value is -1.89. The predicted molar refractivity (Wildman–Crippen MR) is 91.4 cm³/mol. The number of fused-ring (bicyclic) bond motifs is 1. The van der Waals surface area contributed by atoms with Crippen LogP contribution in [0.5, 0.6) is 0 Å². The monoisotopic (exact) mass is 350 g/mol. The van der Waals surface area contributed by atoms with Crippen molar-refractivity contribution in [1.29, 1.82) is 0 Å². The van der Waals surface area contributed by atoms with Gasteiger partial charge in [0.1, 0.15) is 5.69 Å². The molecule has 2 aromatic rings. The van der Waals surface area contributed by atoms with Crippen LogP contribution >= 0.6 is 0 Å². The van der Waals surface area contributed by atoms with Gasteiger partial charge in [-0.25, -0.2) is 8.42 Å². The number of likely N-dealkylation sites (N-methyl/N-ethyl adjacent to an activating group) is 1. The smallest absolute Gasteiger partial charge is 0.228 e. The first-order valence-corrected chi connectivity index (χ1v) is 10.1. The van der Waals surface area contributed by atoms with E-state index in [2.05, 4.69) is 5.16 Å². The Labute approximate surface area is 141 Å². The molecule has 1 aliphatic carbocycles. The molecule has 1 heterocycles. The maximum atomic E-state index is 12.7. The van der Waals surface area contributed by atoms with E-state index in [1.54, 1.807) is 18.0 Å². The molecule has 0 saturated heterocycles. The second-order valence-corrected chi connectivity index (χ2v) is 8.79. The summed E-state index contributed by atoms with van der Waals surface area (Å²) < 4.78 is 29.3. The molecule has 1 aliphatic rings. The highest BCUT2D eigenvalue weighted by molar-refractivity contribution is 7.91. The minimum Gasteiger partial charge on any atom is -0.356 e. The third kappa shape index (κ3) is 3.31. The molecule has 2 atom stereocenters. The molecule has 1 aromatic carbocycles. The van der Waals surface area contributed by atoms with E-state index in [9.17, 15) is 13.2 Å². The lowest BCUT2D eigenvalue weighted by Gasteiger charge is -2.36. The maximum absolute atomic E-state index is 12.7. The van der Waals surface area contributed by atoms with E-state index in [-0.39, 0.29) is 18.4 Å². The van der Waals surface area contributed by atoms with Crippen molar-refractivity contribution in [3.63, 3.8) is 0 Å². The van der Waals surface area contributed by atoms with Crippen molar-refractivity contribution in [2.75, 3.05) is 13.3 Å². The summed E-state index contributed by atoms with van der Waals surface area (Å²) in [5, 5.41) is 4.33. The molecule has 3 rings (SSSR count). The highest BCUT2D eigenvalue weighted by Crippen LogP contribution is 2.28. The van der Waals surface area contributed by atoms with Crippen LogP contribution < -0.4 is 0 Å². The molecule has 0 radical (unpaired) electrons. The number of para-hydroxylation sites is 1. The van der Waals surface area contributed by atoms with E-state index < -0.39 is 15.1 Å². The molecule has 1 amide bonds. The Kier molecular flexibility index (Phi) is 4.62. The summed E-state index contributed by atoms with van der Waals surface area (Å²) in [4.78, 5) is 14.3. The zero-order valence-electron chi connectivity index (χ0n) is 13.9. The molecule has 1 aromatic heterocycles. The number of carbonyl (C=O) groups is 1. The molecule has 0 N–H and O–H groups in total. The van der Waals surface area contributed by atoms with Crippen molar-refractivity contribution in [2.45, 2.75) is 43.4 Å². The maximum Gasteiger partial charge on any atom is 0.228 e. The predicted octanol–water partition coefficient (Wildman–Crippen LogP) is 2.18. The largest absolute Gasteiger partial charge is 0.356 e. The number of hydrogen-bond acceptors (Lipinski definition) is 5. The Morgan fingerprint density at radius 2 is 2.00 bits per heavy atom. The van der Waals surface area contributed by atoms with Crippen LogP contribution in [0.1, 0.15) is 31.4 Å². The minimum absolute atomic E-state index is 0.112. The van der Waals surface area contributed by atoms with E-state index in [0.29, 0.717) is 17.7 Å². The molecule has 7 heteroatoms. The number of hydrogen-bond donors (Lipinski definition) is 0. The van der Waals surface area contributed by atoms with Crippen molar-refractivity contribution in [3.05, 3.63) is 30.0 Å². The van der Waals surface area contributed by atoms with Gasteiger partial charge in [-0.15, -0.1) is 0 Å². The van der Waals surface area contributed by atoms with Gasteiger partial charge in [-0.2, -0.15) is 0 Å². The number of aromatic nitrogens is 1. The van der Waals surface area contributed by atoms with Crippen molar-refractivity contribution in [1.82, 2.24) is 10.1 Å². The Morgan fingerprint density at radius 3 is 2.75 bits per heavy atom. The second-order valence-electron chi connectivity index (χ2n) is 6.53. The van der Waals surface area contributed by atoms with Gasteiger partial charge in [-0.1, -0.05) is 30.1 Å². The number of benzene rings is 1. The normalized spacial score (nSPS) is 21.8. The molecular formula is C17H22N2O4S. The van der Waals surface area contributed by atoms with Crippen molar-refractivity contribution >= 4 is 26.7 Å². The quantitative estimate of drug-likeness (QED) is 0.844. The summed E-state index contributed by atoms with van der Waals surface area (Å²) in [6.45, 7) is 0. The molecule has 24 heavy (non-hydrogen) atoms. The zero-order valence-corrected chi connectivity index (χ0v) is 14.8. The summed E-state index contributed by atoms with van der Waals surface area (Å²) in [6.07, 6.45) is 4.55. The zero-order chi connectivity index (χ0) is 17.3. The number of carbonyl (C=O) groups excluding carboxylic acids is 1. The van der Waals surface area contributed by atoms with Gasteiger partial charge in [-0.05, 0) is 25.0 Å². The molecule has 0 spiro atoms. The summed E-state index contributed by atoms with van der Waals surface area (Å²) in [5.41, 5.74) is 1.24. The van der Waals surface area contributed by atoms with Crippen LogP contribution in [0.4, 0.5) is 0 Å². The van der Waals surface area contributed by atoms with E-state index in [1.807, 2.05) is 18.2 Å². The summed E-state index contributed by atoms with van der Waals surface area (Å²) in [6, 6.07) is 7.14. The lowest BCUT2D eigenvalue weighted by atomic mass is 9.93. The Bertz CT molecular complexity index is 843. The average Bonchev–Trinajstić information content (AvgIpc) is 2.96. The minimum atomic E-state index is -3.18. The van der Waals surface area contributed by atoms with E-state index in [0.717, 1.165) is 24.6 Å². The van der Waals surface area contributed by atoms with Crippen LogP contribution in [-0.2, 0) is 21.1 Å². The first-order valence-electron chi connectivity index (χ1n) is 8.16. The molecule has 1 fully saturated rings. The first kappa shape index (κ1) is 17.0. The van der Waals surface area contributed by atoms with Crippen molar-refractivity contribution in [2.24, 2.45) is 0 Å². The molecule has 6 nitrogen and oxygen atoms in total. The molecule has 0 bridgehead atoms. The summed E-state index contributed by atoms with van der Waals surface area (Å²) in [7, 11) is -1.49. The lowest BCUT2D eigenvalue weighted by molar-refractivity contribution is -0.131. The van der Waals surface area contributed by atoms with Gasteiger partial charge >= 0.3 is 0 Å². The van der Waals surface area contributed by atoms with Gasteiger partial charge in [0.15, 0.2) is 15.4 Å². The third-order valence-corrected chi connectivity index (χ3v) is 6.53. The highest BCUT2D eigenvalue weighted by Gasteiger charge is 2.37. The SMILES string of the molecule is CN(C(=O)Cc1noc2ccccc12)C1CCCCC1S(C)(=O)=O. The molecule has 130 valence electrons. The molecule has 2 unspecified atom stereocenters. The number of rotatable bonds is 4. The second kappa shape index (κ2) is 6.55. The van der Waals surface area contributed by atoms with Crippen molar-refractivity contribution in [3.8, 4) is 0 Å². The standard InChI is InChI=1S/C17H22N2O4S/c1-19(14-8-4-6-10-16(14)24(2,21)22)17(20)11-13-12-7-3-5-9-15(12)23-18-13/h3,5,7,9,14,16H,4,6,8,10-11H2,1-2H3. The number of sulfone groups is 1. The topological polar surface area (TPSA) is 80.5 Å².